The first-order chi connectivity index (χ1) is 9.83. The lowest BCUT2D eigenvalue weighted by Crippen LogP contribution is -2.57. The van der Waals surface area contributed by atoms with E-state index in [-0.39, 0.29) is 11.3 Å². The zero-order valence-corrected chi connectivity index (χ0v) is 15.1. The molecule has 1 aliphatic heterocycles. The summed E-state index contributed by atoms with van der Waals surface area (Å²) in [4.78, 5) is 2.56. The Morgan fingerprint density at radius 2 is 1.81 bits per heavy atom. The highest BCUT2D eigenvalue weighted by Gasteiger charge is 2.36. The third-order valence-electron chi connectivity index (χ3n) is 4.80. The monoisotopic (exact) mass is 318 g/mol. The maximum Gasteiger partial charge on any atom is 0.150 e. The molecule has 0 spiro atoms. The molecule has 1 saturated heterocycles. The van der Waals surface area contributed by atoms with Gasteiger partial charge in [-0.2, -0.15) is 0 Å². The molecule has 126 valence electrons. The second kappa shape index (κ2) is 8.49. The minimum atomic E-state index is -2.84. The summed E-state index contributed by atoms with van der Waals surface area (Å²) >= 11 is 0. The molecule has 1 heterocycles. The molecule has 1 atom stereocenters. The van der Waals surface area contributed by atoms with Gasteiger partial charge in [-0.05, 0) is 65.6 Å². The predicted octanol–water partition coefficient (Wildman–Crippen LogP) is 2.44. The smallest absolute Gasteiger partial charge is 0.150 e. The van der Waals surface area contributed by atoms with Gasteiger partial charge in [-0.1, -0.05) is 13.8 Å². The van der Waals surface area contributed by atoms with Gasteiger partial charge in [0.25, 0.3) is 0 Å². The molecule has 1 rings (SSSR count). The van der Waals surface area contributed by atoms with Crippen LogP contribution in [0.2, 0.25) is 0 Å². The second-order valence-electron chi connectivity index (χ2n) is 6.73. The van der Waals surface area contributed by atoms with Gasteiger partial charge in [0.2, 0.25) is 0 Å². The second-order valence-corrected chi connectivity index (χ2v) is 9.21. The van der Waals surface area contributed by atoms with Crippen LogP contribution in [-0.2, 0) is 9.84 Å². The lowest BCUT2D eigenvalue weighted by molar-refractivity contribution is 0.102. The Kier molecular flexibility index (Phi) is 7.65. The number of hydrogen-bond acceptors (Lipinski definition) is 4. The number of sulfone groups is 1. The zero-order chi connectivity index (χ0) is 15.9. The van der Waals surface area contributed by atoms with Crippen LogP contribution in [0.15, 0.2) is 0 Å². The van der Waals surface area contributed by atoms with Gasteiger partial charge in [0.1, 0.15) is 9.84 Å². The number of nitrogens with one attached hydrogen (secondary N) is 1. The van der Waals surface area contributed by atoms with Crippen molar-refractivity contribution in [3.8, 4) is 0 Å². The molecule has 0 aliphatic carbocycles. The Bertz CT molecular complexity index is 387. The zero-order valence-electron chi connectivity index (χ0n) is 14.3. The highest BCUT2D eigenvalue weighted by Crippen LogP contribution is 2.26. The van der Waals surface area contributed by atoms with E-state index in [9.17, 15) is 8.42 Å². The molecule has 0 bridgehead atoms. The molecule has 1 fully saturated rings. The van der Waals surface area contributed by atoms with Crippen LogP contribution in [0.3, 0.4) is 0 Å². The molecule has 0 radical (unpaired) electrons. The van der Waals surface area contributed by atoms with Crippen LogP contribution in [-0.4, -0.2) is 56.0 Å². The summed E-state index contributed by atoms with van der Waals surface area (Å²) in [5, 5.41) is 3.65. The largest absolute Gasteiger partial charge is 0.312 e. The van der Waals surface area contributed by atoms with Gasteiger partial charge in [0.15, 0.2) is 0 Å². The van der Waals surface area contributed by atoms with Crippen molar-refractivity contribution in [2.45, 2.75) is 71.4 Å². The van der Waals surface area contributed by atoms with E-state index in [1.165, 1.54) is 25.9 Å². The van der Waals surface area contributed by atoms with Crippen LogP contribution in [0, 0.1) is 0 Å². The topological polar surface area (TPSA) is 49.4 Å². The Morgan fingerprint density at radius 1 is 1.19 bits per heavy atom. The first-order valence-electron chi connectivity index (χ1n) is 8.52. The molecular formula is C16H34N2O2S. The van der Waals surface area contributed by atoms with Gasteiger partial charge < -0.3 is 5.32 Å². The Morgan fingerprint density at radius 3 is 2.33 bits per heavy atom. The lowest BCUT2D eigenvalue weighted by atomic mass is 9.89. The summed E-state index contributed by atoms with van der Waals surface area (Å²) in [5.74, 6) is 0.583. The summed E-state index contributed by atoms with van der Waals surface area (Å²) in [5.41, 5.74) is 0.0989. The summed E-state index contributed by atoms with van der Waals surface area (Å²) in [6, 6.07) is 0.364. The van der Waals surface area contributed by atoms with Crippen molar-refractivity contribution in [1.82, 2.24) is 10.2 Å². The average Bonchev–Trinajstić information content (AvgIpc) is 2.97. The van der Waals surface area contributed by atoms with E-state index in [2.05, 4.69) is 31.0 Å². The van der Waals surface area contributed by atoms with Crippen LogP contribution in [0.5, 0.6) is 0 Å². The average molecular weight is 319 g/mol. The summed E-state index contributed by atoms with van der Waals surface area (Å²) < 4.78 is 23.3. The maximum atomic E-state index is 11.7. The van der Waals surface area contributed by atoms with Crippen molar-refractivity contribution in [3.05, 3.63) is 0 Å². The fraction of sp³-hybridized carbons (Fsp3) is 1.00. The Labute approximate surface area is 131 Å². The van der Waals surface area contributed by atoms with E-state index < -0.39 is 9.84 Å². The Hall–Kier alpha value is -0.130. The molecule has 1 unspecified atom stereocenters. The third kappa shape index (κ3) is 5.87. The van der Waals surface area contributed by atoms with Crippen molar-refractivity contribution in [3.63, 3.8) is 0 Å². The maximum absolute atomic E-state index is 11.7. The summed E-state index contributed by atoms with van der Waals surface area (Å²) in [6.45, 7) is 11.9. The van der Waals surface area contributed by atoms with Crippen LogP contribution >= 0.6 is 0 Å². The minimum Gasteiger partial charge on any atom is -0.312 e. The third-order valence-corrected chi connectivity index (χ3v) is 6.59. The predicted molar refractivity (Wildman–Crippen MR) is 90.5 cm³/mol. The fourth-order valence-electron chi connectivity index (χ4n) is 3.19. The number of hydrogen-bond donors (Lipinski definition) is 1. The van der Waals surface area contributed by atoms with Gasteiger partial charge in [0, 0.05) is 17.3 Å². The van der Waals surface area contributed by atoms with Gasteiger partial charge in [-0.15, -0.1) is 0 Å². The first kappa shape index (κ1) is 18.9. The standard InChI is InChI=1S/C16H34N2O2S/c1-5-11-17-15(10-9-14-21(19,20)6-2)16(3,4)18-12-7-8-13-18/h15,17H,5-14H2,1-4H3. The van der Waals surface area contributed by atoms with Crippen molar-refractivity contribution >= 4 is 9.84 Å². The summed E-state index contributed by atoms with van der Waals surface area (Å²) in [7, 11) is -2.84. The van der Waals surface area contributed by atoms with Crippen LogP contribution < -0.4 is 5.32 Å². The molecule has 0 aromatic carbocycles. The van der Waals surface area contributed by atoms with Crippen LogP contribution in [0.1, 0.15) is 59.8 Å². The fourth-order valence-corrected chi connectivity index (χ4v) is 4.08. The molecule has 0 aromatic heterocycles. The number of nitrogens with zero attached hydrogens (tertiary/aromatic N) is 1. The van der Waals surface area contributed by atoms with Crippen molar-refractivity contribution in [2.75, 3.05) is 31.1 Å². The van der Waals surface area contributed by atoms with E-state index >= 15 is 0 Å². The molecule has 21 heavy (non-hydrogen) atoms. The lowest BCUT2D eigenvalue weighted by Gasteiger charge is -2.43. The van der Waals surface area contributed by atoms with Gasteiger partial charge >= 0.3 is 0 Å². The Balaban J connectivity index is 2.61. The van der Waals surface area contributed by atoms with Crippen LogP contribution in [0.4, 0.5) is 0 Å². The highest BCUT2D eigenvalue weighted by atomic mass is 32.2. The quantitative estimate of drug-likeness (QED) is 0.672. The van der Waals surface area contributed by atoms with Gasteiger partial charge in [-0.3, -0.25) is 4.90 Å². The van der Waals surface area contributed by atoms with Crippen molar-refractivity contribution < 1.29 is 8.42 Å². The highest BCUT2D eigenvalue weighted by molar-refractivity contribution is 7.91. The SMILES string of the molecule is CCCNC(CCCS(=O)(=O)CC)C(C)(C)N1CCCC1. The molecule has 5 heteroatoms. The van der Waals surface area contributed by atoms with E-state index in [0.717, 1.165) is 25.8 Å². The number of likely N-dealkylation sites (tertiary alicyclic amines) is 1. The summed E-state index contributed by atoms with van der Waals surface area (Å²) in [6.07, 6.45) is 5.37. The first-order valence-corrected chi connectivity index (χ1v) is 10.3. The minimum absolute atomic E-state index is 0.0989. The van der Waals surface area contributed by atoms with E-state index in [1.807, 2.05) is 0 Å². The van der Waals surface area contributed by atoms with Crippen LogP contribution in [0.25, 0.3) is 0 Å². The normalized spacial score (nSPS) is 19.0. The van der Waals surface area contributed by atoms with E-state index in [0.29, 0.717) is 11.8 Å². The van der Waals surface area contributed by atoms with E-state index in [1.54, 1.807) is 6.92 Å². The molecule has 0 aromatic rings. The van der Waals surface area contributed by atoms with Crippen molar-refractivity contribution in [1.29, 1.82) is 0 Å². The van der Waals surface area contributed by atoms with E-state index in [4.69, 9.17) is 0 Å². The molecule has 0 amide bonds. The molecule has 0 saturated carbocycles. The number of rotatable bonds is 10. The molecular weight excluding hydrogens is 284 g/mol. The van der Waals surface area contributed by atoms with Gasteiger partial charge in [0.05, 0.1) is 5.75 Å². The molecule has 1 aliphatic rings. The molecule has 4 nitrogen and oxygen atoms in total. The van der Waals surface area contributed by atoms with Gasteiger partial charge in [-0.25, -0.2) is 8.42 Å². The van der Waals surface area contributed by atoms with Crippen molar-refractivity contribution in [2.24, 2.45) is 0 Å². The molecule has 1 N–H and O–H groups in total.